The molecule has 0 aromatic rings. The normalized spacial score (nSPS) is 6.56. The molecular formula is H16Na2O14P2. The monoisotopic (exact) mass is 348 g/mol. The summed E-state index contributed by atoms with van der Waals surface area (Å²) < 4.78 is 17.5. The van der Waals surface area contributed by atoms with Crippen LogP contribution in [0.2, 0.25) is 0 Å². The Morgan fingerprint density at radius 1 is 0.556 bits per heavy atom. The van der Waals surface area contributed by atoms with Crippen molar-refractivity contribution in [2.45, 2.75) is 0 Å². The van der Waals surface area contributed by atoms with Gasteiger partial charge in [-0.1, -0.05) is 0 Å². The van der Waals surface area contributed by atoms with Crippen LogP contribution < -0.4 is 68.9 Å². The van der Waals surface area contributed by atoms with Crippen LogP contribution in [0.4, 0.5) is 0 Å². The van der Waals surface area contributed by atoms with Crippen LogP contribution in [0.5, 0.6) is 0 Å². The van der Waals surface area contributed by atoms with Crippen LogP contribution in [0.25, 0.3) is 0 Å². The number of hydrogen-bond acceptors (Lipinski definition) is 4. The van der Waals surface area contributed by atoms with E-state index in [2.05, 4.69) is 0 Å². The van der Waals surface area contributed by atoms with Crippen LogP contribution in [0.15, 0.2) is 0 Å². The summed E-state index contributed by atoms with van der Waals surface area (Å²) in [5.41, 5.74) is 0. The van der Waals surface area contributed by atoms with Crippen LogP contribution in [-0.2, 0) is 9.13 Å². The van der Waals surface area contributed by atoms with Gasteiger partial charge in [0.15, 0.2) is 0 Å². The molecule has 0 heterocycles. The summed E-state index contributed by atoms with van der Waals surface area (Å²) in [4.78, 5) is 45.8. The third-order valence-corrected chi connectivity index (χ3v) is 0. The van der Waals surface area contributed by atoms with Gasteiger partial charge in [0.2, 0.25) is 0 Å². The minimum atomic E-state index is -4.89. The van der Waals surface area contributed by atoms with Crippen molar-refractivity contribution in [1.82, 2.24) is 0 Å². The van der Waals surface area contributed by atoms with Gasteiger partial charge in [-0.05, 0) is 0 Å². The third kappa shape index (κ3) is 1320. The average Bonchev–Trinajstić information content (AvgIpc) is 1.12. The second kappa shape index (κ2) is 31.4. The van der Waals surface area contributed by atoms with Gasteiger partial charge >= 0.3 is 59.1 Å². The zero-order chi connectivity index (χ0) is 9.00. The first-order valence-electron chi connectivity index (χ1n) is 1.53. The van der Waals surface area contributed by atoms with Gasteiger partial charge in [0.05, 0.1) is 0 Å². The van der Waals surface area contributed by atoms with Crippen LogP contribution >= 0.6 is 15.6 Å². The first-order valence-corrected chi connectivity index (χ1v) is 4.59. The quantitative estimate of drug-likeness (QED) is 0.239. The standard InChI is InChI=1S/2Na.2H3O4P.6H2O/c;;2*1-5(2,3)4;;;;;;/h;;2*(H3,1,2,3,4);6*1H2/q2*+1;;;;;;;;/p-2. The van der Waals surface area contributed by atoms with Gasteiger partial charge in [0.25, 0.3) is 15.6 Å². The summed E-state index contributed by atoms with van der Waals surface area (Å²) in [6.07, 6.45) is 0. The Balaban J connectivity index is -0.00000000615. The zero-order valence-electron chi connectivity index (χ0n) is 9.32. The van der Waals surface area contributed by atoms with Crippen LogP contribution in [0, 0.1) is 0 Å². The van der Waals surface area contributed by atoms with E-state index >= 15 is 0 Å². The van der Waals surface area contributed by atoms with Crippen molar-refractivity contribution < 1.29 is 130 Å². The summed E-state index contributed by atoms with van der Waals surface area (Å²) in [6.45, 7) is 0. The van der Waals surface area contributed by atoms with Gasteiger partial charge in [-0.25, -0.2) is 0 Å². The molecule has 112 valence electrons. The van der Waals surface area contributed by atoms with Crippen LogP contribution in [0.1, 0.15) is 0 Å². The summed E-state index contributed by atoms with van der Waals surface area (Å²) in [5, 5.41) is 0. The number of phosphoric acid groups is 2. The largest absolute Gasteiger partial charge is 1.00 e. The molecule has 0 aromatic heterocycles. The molecule has 0 aliphatic heterocycles. The maximum absolute atomic E-state index is 8.77. The van der Waals surface area contributed by atoms with Crippen molar-refractivity contribution in [3.63, 3.8) is 0 Å². The predicted octanol–water partition coefficient (Wildman–Crippen LogP) is -14.1. The molecule has 0 fully saturated rings. The molecule has 16 N–H and O–H groups in total. The third-order valence-electron chi connectivity index (χ3n) is 0. The Labute approximate surface area is 145 Å². The maximum Gasteiger partial charge on any atom is 1.00 e. The Kier molecular flexibility index (Phi) is 126. The van der Waals surface area contributed by atoms with Crippen molar-refractivity contribution in [2.24, 2.45) is 0 Å². The molecule has 14 nitrogen and oxygen atoms in total. The molecular weight excluding hydrogens is 332 g/mol. The molecule has 0 unspecified atom stereocenters. The molecule has 0 amide bonds. The van der Waals surface area contributed by atoms with Crippen LogP contribution in [-0.4, -0.2) is 52.4 Å². The molecule has 18 heteroatoms. The van der Waals surface area contributed by atoms with E-state index in [-0.39, 0.29) is 92.0 Å². The van der Waals surface area contributed by atoms with Gasteiger partial charge in [-0.3, -0.25) is 9.13 Å². The Hall–Kier alpha value is 1.98. The second-order valence-corrected chi connectivity index (χ2v) is 2.94. The SMILES string of the molecule is O.O.O.O.O.O.O=P([O-])(O)O.O=P([O-])(O)O.[Na+].[Na+]. The van der Waals surface area contributed by atoms with E-state index < -0.39 is 15.6 Å². The van der Waals surface area contributed by atoms with E-state index in [0.29, 0.717) is 0 Å². The Morgan fingerprint density at radius 3 is 0.556 bits per heavy atom. The fourth-order valence-corrected chi connectivity index (χ4v) is 0. The molecule has 0 aromatic carbocycles. The van der Waals surface area contributed by atoms with Crippen molar-refractivity contribution in [2.75, 3.05) is 0 Å². The van der Waals surface area contributed by atoms with Gasteiger partial charge in [0, 0.05) is 0 Å². The second-order valence-electron chi connectivity index (χ2n) is 0.981. The summed E-state index contributed by atoms with van der Waals surface area (Å²) in [5.74, 6) is 0. The van der Waals surface area contributed by atoms with Crippen molar-refractivity contribution >= 4 is 15.6 Å². The zero-order valence-corrected chi connectivity index (χ0v) is 15.1. The van der Waals surface area contributed by atoms with Gasteiger partial charge in [-0.2, -0.15) is 0 Å². The summed E-state index contributed by atoms with van der Waals surface area (Å²) >= 11 is 0. The molecule has 0 radical (unpaired) electrons. The van der Waals surface area contributed by atoms with Crippen molar-refractivity contribution in [3.8, 4) is 0 Å². The van der Waals surface area contributed by atoms with E-state index in [9.17, 15) is 0 Å². The predicted molar refractivity (Wildman–Crippen MR) is 45.8 cm³/mol. The van der Waals surface area contributed by atoms with Crippen LogP contribution in [0.3, 0.4) is 0 Å². The van der Waals surface area contributed by atoms with E-state index in [1.54, 1.807) is 0 Å². The van der Waals surface area contributed by atoms with E-state index in [1.165, 1.54) is 0 Å². The van der Waals surface area contributed by atoms with Gasteiger partial charge < -0.3 is 62.2 Å². The van der Waals surface area contributed by atoms with E-state index in [1.807, 2.05) is 0 Å². The van der Waals surface area contributed by atoms with E-state index in [4.69, 9.17) is 38.5 Å². The van der Waals surface area contributed by atoms with Crippen molar-refractivity contribution in [1.29, 1.82) is 0 Å². The van der Waals surface area contributed by atoms with Gasteiger partial charge in [-0.15, -0.1) is 0 Å². The molecule has 0 rings (SSSR count). The molecule has 0 saturated carbocycles. The smallest absolute Gasteiger partial charge is 0.756 e. The fraction of sp³-hybridized carbons (Fsp3) is 0. The first-order chi connectivity index (χ1) is 4.00. The fourth-order valence-electron chi connectivity index (χ4n) is 0. The Morgan fingerprint density at radius 2 is 0.556 bits per heavy atom. The Bertz CT molecular complexity index is 130. The minimum Gasteiger partial charge on any atom is -0.756 e. The molecule has 0 aliphatic rings. The number of rotatable bonds is 0. The maximum atomic E-state index is 8.77. The number of hydrogen-bond donors (Lipinski definition) is 4. The van der Waals surface area contributed by atoms with Gasteiger partial charge in [0.1, 0.15) is 0 Å². The minimum absolute atomic E-state index is 0. The first kappa shape index (κ1) is 72.3. The van der Waals surface area contributed by atoms with Crippen molar-refractivity contribution in [3.05, 3.63) is 0 Å². The average molecular weight is 348 g/mol. The molecule has 0 bridgehead atoms. The molecule has 0 aliphatic carbocycles. The molecule has 18 heavy (non-hydrogen) atoms. The molecule has 0 spiro atoms. The topological polar surface area (TPSA) is 350 Å². The molecule has 0 saturated heterocycles. The summed E-state index contributed by atoms with van der Waals surface area (Å²) in [6, 6.07) is 0. The van der Waals surface area contributed by atoms with E-state index in [0.717, 1.165) is 0 Å². The summed E-state index contributed by atoms with van der Waals surface area (Å²) in [7, 11) is -9.78. The molecule has 0 atom stereocenters.